The van der Waals surface area contributed by atoms with Crippen LogP contribution in [0.2, 0.25) is 0 Å². The molecule has 0 atom stereocenters. The largest absolute Gasteiger partial charge is 0.396 e. The summed E-state index contributed by atoms with van der Waals surface area (Å²) in [5.41, 5.74) is 1.26. The lowest BCUT2D eigenvalue weighted by Gasteiger charge is -2.05. The van der Waals surface area contributed by atoms with Gasteiger partial charge in [-0.05, 0) is 36.0 Å². The predicted octanol–water partition coefficient (Wildman–Crippen LogP) is 1.71. The van der Waals surface area contributed by atoms with Gasteiger partial charge in [0.2, 0.25) is 0 Å². The number of rotatable bonds is 5. The van der Waals surface area contributed by atoms with Crippen LogP contribution < -0.4 is 5.32 Å². The van der Waals surface area contributed by atoms with Crippen LogP contribution in [-0.2, 0) is 6.54 Å². The number of fused-ring (bicyclic) bond motifs is 1. The summed E-state index contributed by atoms with van der Waals surface area (Å²) in [5, 5.41) is 14.3. The number of aliphatic hydroxyl groups excluding tert-OH is 1. The van der Waals surface area contributed by atoms with Gasteiger partial charge < -0.3 is 10.4 Å². The topological polar surface area (TPSA) is 45.1 Å². The quantitative estimate of drug-likeness (QED) is 0.748. The van der Waals surface area contributed by atoms with Crippen molar-refractivity contribution in [1.29, 1.82) is 0 Å². The average molecular weight is 216 g/mol. The molecule has 84 valence electrons. The number of hydrogen-bond donors (Lipinski definition) is 2. The Kier molecular flexibility index (Phi) is 3.86. The standard InChI is InChI=1S/C13H16N2O/c16-7-1-5-14-9-11-2-3-13-10-15-6-4-12(13)8-11/h2-4,6,8,10,14,16H,1,5,7,9H2. The monoisotopic (exact) mass is 216 g/mol. The van der Waals surface area contributed by atoms with E-state index < -0.39 is 0 Å². The van der Waals surface area contributed by atoms with Crippen LogP contribution in [0.25, 0.3) is 10.8 Å². The molecule has 0 aliphatic rings. The van der Waals surface area contributed by atoms with E-state index >= 15 is 0 Å². The van der Waals surface area contributed by atoms with Crippen molar-refractivity contribution < 1.29 is 5.11 Å². The molecule has 0 unspecified atom stereocenters. The van der Waals surface area contributed by atoms with Crippen LogP contribution in [0.4, 0.5) is 0 Å². The molecule has 0 saturated carbocycles. The molecular formula is C13H16N2O. The molecule has 1 aromatic heterocycles. The Morgan fingerprint density at radius 2 is 2.12 bits per heavy atom. The van der Waals surface area contributed by atoms with Gasteiger partial charge in [-0.3, -0.25) is 4.98 Å². The third-order valence-corrected chi connectivity index (χ3v) is 2.55. The molecule has 0 aliphatic heterocycles. The van der Waals surface area contributed by atoms with E-state index in [4.69, 9.17) is 5.11 Å². The van der Waals surface area contributed by atoms with Gasteiger partial charge >= 0.3 is 0 Å². The van der Waals surface area contributed by atoms with Crippen LogP contribution in [0, 0.1) is 0 Å². The first-order valence-electron chi connectivity index (χ1n) is 5.54. The molecule has 16 heavy (non-hydrogen) atoms. The van der Waals surface area contributed by atoms with E-state index in [-0.39, 0.29) is 6.61 Å². The van der Waals surface area contributed by atoms with Crippen molar-refractivity contribution in [2.24, 2.45) is 0 Å². The van der Waals surface area contributed by atoms with Gasteiger partial charge in [-0.15, -0.1) is 0 Å². The minimum atomic E-state index is 0.246. The molecule has 1 heterocycles. The molecule has 0 amide bonds. The average Bonchev–Trinajstić information content (AvgIpc) is 2.34. The van der Waals surface area contributed by atoms with E-state index in [0.717, 1.165) is 19.5 Å². The van der Waals surface area contributed by atoms with Crippen LogP contribution in [-0.4, -0.2) is 23.2 Å². The molecule has 3 nitrogen and oxygen atoms in total. The van der Waals surface area contributed by atoms with Gasteiger partial charge in [0.15, 0.2) is 0 Å². The van der Waals surface area contributed by atoms with Crippen molar-refractivity contribution in [3.63, 3.8) is 0 Å². The first-order valence-corrected chi connectivity index (χ1v) is 5.54. The van der Waals surface area contributed by atoms with Crippen molar-refractivity contribution in [2.45, 2.75) is 13.0 Å². The summed E-state index contributed by atoms with van der Waals surface area (Å²) in [6.45, 7) is 1.94. The fourth-order valence-electron chi connectivity index (χ4n) is 1.68. The summed E-state index contributed by atoms with van der Waals surface area (Å²) < 4.78 is 0. The maximum absolute atomic E-state index is 8.66. The molecule has 2 aromatic rings. The minimum absolute atomic E-state index is 0.246. The molecule has 0 aliphatic carbocycles. The Morgan fingerprint density at radius 3 is 3.00 bits per heavy atom. The first-order chi connectivity index (χ1) is 7.90. The van der Waals surface area contributed by atoms with Gasteiger partial charge in [0, 0.05) is 30.9 Å². The van der Waals surface area contributed by atoms with Crippen molar-refractivity contribution in [2.75, 3.05) is 13.2 Å². The molecule has 0 saturated heterocycles. The van der Waals surface area contributed by atoms with Crippen LogP contribution in [0.15, 0.2) is 36.7 Å². The second-order valence-electron chi connectivity index (χ2n) is 3.81. The summed E-state index contributed by atoms with van der Waals surface area (Å²) >= 11 is 0. The highest BCUT2D eigenvalue weighted by atomic mass is 16.3. The highest BCUT2D eigenvalue weighted by molar-refractivity contribution is 5.81. The van der Waals surface area contributed by atoms with Crippen LogP contribution >= 0.6 is 0 Å². The summed E-state index contributed by atoms with van der Waals surface area (Å²) in [6, 6.07) is 8.39. The van der Waals surface area contributed by atoms with Gasteiger partial charge in [0.05, 0.1) is 0 Å². The summed E-state index contributed by atoms with van der Waals surface area (Å²) in [6.07, 6.45) is 4.49. The fraction of sp³-hybridized carbons (Fsp3) is 0.308. The number of pyridine rings is 1. The Bertz CT molecular complexity index is 456. The molecule has 0 radical (unpaired) electrons. The van der Waals surface area contributed by atoms with Gasteiger partial charge in [-0.25, -0.2) is 0 Å². The lowest BCUT2D eigenvalue weighted by molar-refractivity contribution is 0.286. The Balaban J connectivity index is 2.02. The second kappa shape index (κ2) is 5.58. The van der Waals surface area contributed by atoms with E-state index in [1.165, 1.54) is 16.3 Å². The molecule has 0 bridgehead atoms. The summed E-state index contributed by atoms with van der Waals surface area (Å²) in [5.74, 6) is 0. The highest BCUT2D eigenvalue weighted by Gasteiger charge is 1.96. The Labute approximate surface area is 95.1 Å². The van der Waals surface area contributed by atoms with E-state index in [9.17, 15) is 0 Å². The molecule has 3 heteroatoms. The maximum Gasteiger partial charge on any atom is 0.0443 e. The fourth-order valence-corrected chi connectivity index (χ4v) is 1.68. The third-order valence-electron chi connectivity index (χ3n) is 2.55. The molecule has 2 rings (SSSR count). The van der Waals surface area contributed by atoms with Gasteiger partial charge in [-0.1, -0.05) is 12.1 Å². The van der Waals surface area contributed by atoms with Crippen molar-refractivity contribution in [3.8, 4) is 0 Å². The zero-order valence-electron chi connectivity index (χ0n) is 9.19. The van der Waals surface area contributed by atoms with E-state index in [2.05, 4.69) is 28.5 Å². The van der Waals surface area contributed by atoms with Gasteiger partial charge in [0.25, 0.3) is 0 Å². The van der Waals surface area contributed by atoms with Crippen LogP contribution in [0.1, 0.15) is 12.0 Å². The lowest BCUT2D eigenvalue weighted by Crippen LogP contribution is -2.15. The molecule has 2 N–H and O–H groups in total. The number of hydrogen-bond acceptors (Lipinski definition) is 3. The normalized spacial score (nSPS) is 10.8. The Morgan fingerprint density at radius 1 is 1.19 bits per heavy atom. The number of benzene rings is 1. The van der Waals surface area contributed by atoms with E-state index in [1.807, 2.05) is 18.5 Å². The van der Waals surface area contributed by atoms with Gasteiger partial charge in [-0.2, -0.15) is 0 Å². The lowest BCUT2D eigenvalue weighted by atomic mass is 10.1. The zero-order valence-corrected chi connectivity index (χ0v) is 9.19. The number of nitrogens with zero attached hydrogens (tertiary/aromatic N) is 1. The minimum Gasteiger partial charge on any atom is -0.396 e. The number of nitrogens with one attached hydrogen (secondary N) is 1. The molecule has 0 spiro atoms. The van der Waals surface area contributed by atoms with Crippen molar-refractivity contribution in [3.05, 3.63) is 42.2 Å². The zero-order chi connectivity index (χ0) is 11.2. The second-order valence-corrected chi connectivity index (χ2v) is 3.81. The molecular weight excluding hydrogens is 200 g/mol. The maximum atomic E-state index is 8.66. The van der Waals surface area contributed by atoms with Crippen LogP contribution in [0.3, 0.4) is 0 Å². The first kappa shape index (κ1) is 11.0. The van der Waals surface area contributed by atoms with Gasteiger partial charge in [0.1, 0.15) is 0 Å². The smallest absolute Gasteiger partial charge is 0.0443 e. The summed E-state index contributed by atoms with van der Waals surface area (Å²) in [4.78, 5) is 4.09. The van der Waals surface area contributed by atoms with Crippen molar-refractivity contribution >= 4 is 10.8 Å². The third kappa shape index (κ3) is 2.78. The SMILES string of the molecule is OCCCNCc1ccc2cnccc2c1. The molecule has 0 fully saturated rings. The highest BCUT2D eigenvalue weighted by Crippen LogP contribution is 2.14. The van der Waals surface area contributed by atoms with Crippen LogP contribution in [0.5, 0.6) is 0 Å². The van der Waals surface area contributed by atoms with Crippen molar-refractivity contribution in [1.82, 2.24) is 10.3 Å². The number of aliphatic hydroxyl groups is 1. The molecule has 1 aromatic carbocycles. The Hall–Kier alpha value is -1.45. The predicted molar refractivity (Wildman–Crippen MR) is 65.2 cm³/mol. The summed E-state index contributed by atoms with van der Waals surface area (Å²) in [7, 11) is 0. The van der Waals surface area contributed by atoms with E-state index in [0.29, 0.717) is 0 Å². The van der Waals surface area contributed by atoms with E-state index in [1.54, 1.807) is 0 Å². The number of aromatic nitrogens is 1.